The van der Waals surface area contributed by atoms with Crippen LogP contribution in [0.1, 0.15) is 17.6 Å². The molecule has 0 aliphatic rings. The standard InChI is InChI=1S/C8H9NO2S/c1-5(2)8-9-6(4-12-8)3-7(10)11/h4H,1,3H2,2H3,(H,10,11). The first kappa shape index (κ1) is 8.93. The van der Waals surface area contributed by atoms with Gasteiger partial charge in [0.05, 0.1) is 12.1 Å². The van der Waals surface area contributed by atoms with Crippen molar-refractivity contribution in [1.82, 2.24) is 4.98 Å². The van der Waals surface area contributed by atoms with Gasteiger partial charge in [0.15, 0.2) is 0 Å². The van der Waals surface area contributed by atoms with E-state index in [0.717, 1.165) is 10.6 Å². The Balaban J connectivity index is 2.77. The highest BCUT2D eigenvalue weighted by Gasteiger charge is 2.05. The van der Waals surface area contributed by atoms with E-state index >= 15 is 0 Å². The van der Waals surface area contributed by atoms with E-state index in [1.54, 1.807) is 5.38 Å². The monoisotopic (exact) mass is 183 g/mol. The quantitative estimate of drug-likeness (QED) is 0.777. The van der Waals surface area contributed by atoms with Crippen LogP contribution < -0.4 is 0 Å². The van der Waals surface area contributed by atoms with Gasteiger partial charge < -0.3 is 5.11 Å². The average molecular weight is 183 g/mol. The lowest BCUT2D eigenvalue weighted by Gasteiger charge is -1.89. The minimum absolute atomic E-state index is 0.0101. The van der Waals surface area contributed by atoms with E-state index in [4.69, 9.17) is 5.11 Å². The van der Waals surface area contributed by atoms with Crippen LogP contribution in [0.25, 0.3) is 5.57 Å². The highest BCUT2D eigenvalue weighted by Crippen LogP contribution is 2.17. The van der Waals surface area contributed by atoms with Crippen LogP contribution >= 0.6 is 11.3 Å². The Morgan fingerprint density at radius 2 is 2.50 bits per heavy atom. The summed E-state index contributed by atoms with van der Waals surface area (Å²) in [6.45, 7) is 5.57. The van der Waals surface area contributed by atoms with Crippen molar-refractivity contribution in [1.29, 1.82) is 0 Å². The lowest BCUT2D eigenvalue weighted by atomic mass is 10.3. The number of hydrogen-bond acceptors (Lipinski definition) is 3. The summed E-state index contributed by atoms with van der Waals surface area (Å²) < 4.78 is 0. The van der Waals surface area contributed by atoms with Crippen molar-refractivity contribution >= 4 is 22.9 Å². The largest absolute Gasteiger partial charge is 0.481 e. The number of thiazole rings is 1. The second-order valence-corrected chi connectivity index (χ2v) is 3.35. The summed E-state index contributed by atoms with van der Waals surface area (Å²) in [7, 11) is 0. The van der Waals surface area contributed by atoms with Gasteiger partial charge in [0.25, 0.3) is 0 Å². The maximum atomic E-state index is 10.3. The number of nitrogens with zero attached hydrogens (tertiary/aromatic N) is 1. The molecule has 0 amide bonds. The van der Waals surface area contributed by atoms with Crippen LogP contribution in [0.15, 0.2) is 12.0 Å². The van der Waals surface area contributed by atoms with Crippen LogP contribution in [0.2, 0.25) is 0 Å². The van der Waals surface area contributed by atoms with Crippen LogP contribution in [-0.4, -0.2) is 16.1 Å². The number of aromatic nitrogens is 1. The van der Waals surface area contributed by atoms with Crippen molar-refractivity contribution in [2.24, 2.45) is 0 Å². The molecule has 0 atom stereocenters. The lowest BCUT2D eigenvalue weighted by Crippen LogP contribution is -1.99. The first-order chi connectivity index (χ1) is 5.59. The zero-order chi connectivity index (χ0) is 9.14. The van der Waals surface area contributed by atoms with Crippen LogP contribution in [-0.2, 0) is 11.2 Å². The van der Waals surface area contributed by atoms with Crippen molar-refractivity contribution < 1.29 is 9.90 Å². The summed E-state index contributed by atoms with van der Waals surface area (Å²) in [6, 6.07) is 0. The molecule has 12 heavy (non-hydrogen) atoms. The number of carboxylic acids is 1. The summed E-state index contributed by atoms with van der Waals surface area (Å²) in [5, 5.41) is 11.0. The smallest absolute Gasteiger partial charge is 0.309 e. The average Bonchev–Trinajstić information content (AvgIpc) is 2.34. The first-order valence-electron chi connectivity index (χ1n) is 3.41. The molecule has 0 fully saturated rings. The molecule has 0 saturated heterocycles. The maximum Gasteiger partial charge on any atom is 0.309 e. The van der Waals surface area contributed by atoms with Crippen LogP contribution in [0.5, 0.6) is 0 Å². The third-order valence-electron chi connectivity index (χ3n) is 1.25. The molecule has 0 unspecified atom stereocenters. The Hall–Kier alpha value is -1.16. The van der Waals surface area contributed by atoms with Crippen LogP contribution in [0.4, 0.5) is 0 Å². The number of carbonyl (C=O) groups is 1. The molecule has 1 heterocycles. The Bertz CT molecular complexity index is 317. The zero-order valence-corrected chi connectivity index (χ0v) is 7.52. The van der Waals surface area contributed by atoms with Gasteiger partial charge in [-0.1, -0.05) is 6.58 Å². The van der Waals surface area contributed by atoms with Crippen molar-refractivity contribution in [3.05, 3.63) is 22.7 Å². The molecular formula is C8H9NO2S. The normalized spacial score (nSPS) is 9.75. The SMILES string of the molecule is C=C(C)c1nc(CC(=O)O)cs1. The van der Waals surface area contributed by atoms with Crippen molar-refractivity contribution in [3.63, 3.8) is 0 Å². The van der Waals surface area contributed by atoms with Gasteiger partial charge in [-0.05, 0) is 12.5 Å². The molecule has 1 rings (SSSR count). The predicted octanol–water partition coefficient (Wildman–Crippen LogP) is 1.80. The number of carboxylic acid groups (broad SMARTS) is 1. The third-order valence-corrected chi connectivity index (χ3v) is 2.30. The zero-order valence-electron chi connectivity index (χ0n) is 6.70. The molecule has 3 nitrogen and oxygen atoms in total. The fourth-order valence-electron chi connectivity index (χ4n) is 0.739. The second-order valence-electron chi connectivity index (χ2n) is 2.49. The maximum absolute atomic E-state index is 10.3. The molecule has 0 aromatic carbocycles. The molecule has 0 aliphatic carbocycles. The van der Waals surface area contributed by atoms with E-state index in [0.29, 0.717) is 5.69 Å². The summed E-state index contributed by atoms with van der Waals surface area (Å²) in [4.78, 5) is 14.4. The Morgan fingerprint density at radius 1 is 1.83 bits per heavy atom. The second kappa shape index (κ2) is 3.49. The van der Waals surface area contributed by atoms with Crippen LogP contribution in [0.3, 0.4) is 0 Å². The first-order valence-corrected chi connectivity index (χ1v) is 4.29. The Labute approximate surface area is 74.4 Å². The summed E-state index contributed by atoms with van der Waals surface area (Å²) >= 11 is 1.43. The molecule has 0 aliphatic heterocycles. The lowest BCUT2D eigenvalue weighted by molar-refractivity contribution is -0.136. The number of allylic oxidation sites excluding steroid dienone is 1. The summed E-state index contributed by atoms with van der Waals surface area (Å²) in [6.07, 6.45) is -0.0101. The van der Waals surface area contributed by atoms with E-state index in [9.17, 15) is 4.79 Å². The van der Waals surface area contributed by atoms with Gasteiger partial charge in [-0.2, -0.15) is 0 Å². The van der Waals surface area contributed by atoms with E-state index < -0.39 is 5.97 Å². The van der Waals surface area contributed by atoms with Crippen LogP contribution in [0, 0.1) is 0 Å². The molecular weight excluding hydrogens is 174 g/mol. The van der Waals surface area contributed by atoms with E-state index in [-0.39, 0.29) is 6.42 Å². The van der Waals surface area contributed by atoms with Crippen molar-refractivity contribution in [2.45, 2.75) is 13.3 Å². The number of rotatable bonds is 3. The molecule has 0 saturated carbocycles. The minimum atomic E-state index is -0.853. The minimum Gasteiger partial charge on any atom is -0.481 e. The van der Waals surface area contributed by atoms with E-state index in [1.165, 1.54) is 11.3 Å². The molecule has 1 aromatic heterocycles. The fraction of sp³-hybridized carbons (Fsp3) is 0.250. The predicted molar refractivity (Wildman–Crippen MR) is 48.2 cm³/mol. The van der Waals surface area contributed by atoms with Gasteiger partial charge in [-0.15, -0.1) is 11.3 Å². The van der Waals surface area contributed by atoms with Crippen molar-refractivity contribution in [3.8, 4) is 0 Å². The van der Waals surface area contributed by atoms with Gasteiger partial charge in [0, 0.05) is 5.38 Å². The van der Waals surface area contributed by atoms with Gasteiger partial charge in [-0.3, -0.25) is 4.79 Å². The van der Waals surface area contributed by atoms with Gasteiger partial charge in [-0.25, -0.2) is 4.98 Å². The summed E-state index contributed by atoms with van der Waals surface area (Å²) in [5.41, 5.74) is 1.47. The molecule has 1 N–H and O–H groups in total. The van der Waals surface area contributed by atoms with Crippen molar-refractivity contribution in [2.75, 3.05) is 0 Å². The van der Waals surface area contributed by atoms with E-state index in [2.05, 4.69) is 11.6 Å². The van der Waals surface area contributed by atoms with E-state index in [1.807, 2.05) is 6.92 Å². The highest BCUT2D eigenvalue weighted by molar-refractivity contribution is 7.10. The molecule has 0 radical (unpaired) electrons. The molecule has 64 valence electrons. The molecule has 0 bridgehead atoms. The molecule has 4 heteroatoms. The summed E-state index contributed by atoms with van der Waals surface area (Å²) in [5.74, 6) is -0.853. The number of aliphatic carboxylic acids is 1. The molecule has 1 aromatic rings. The van der Waals surface area contributed by atoms with Gasteiger partial charge in [0.1, 0.15) is 5.01 Å². The van der Waals surface area contributed by atoms with Gasteiger partial charge >= 0.3 is 5.97 Å². The molecule has 0 spiro atoms. The number of hydrogen-bond donors (Lipinski definition) is 1. The third kappa shape index (κ3) is 2.17. The Kier molecular flexibility index (Phi) is 2.60. The Morgan fingerprint density at radius 3 is 2.92 bits per heavy atom. The fourth-order valence-corrected chi connectivity index (χ4v) is 1.49. The highest BCUT2D eigenvalue weighted by atomic mass is 32.1. The topological polar surface area (TPSA) is 50.2 Å². The van der Waals surface area contributed by atoms with Gasteiger partial charge in [0.2, 0.25) is 0 Å².